The van der Waals surface area contributed by atoms with E-state index in [1.807, 2.05) is 39.0 Å². The molecule has 3 aromatic rings. The van der Waals surface area contributed by atoms with Gasteiger partial charge in [-0.1, -0.05) is 42.8 Å². The van der Waals surface area contributed by atoms with Crippen molar-refractivity contribution >= 4 is 33.5 Å². The second-order valence-electron chi connectivity index (χ2n) is 6.94. The van der Waals surface area contributed by atoms with Crippen LogP contribution in [0.15, 0.2) is 53.4 Å². The molecule has 0 aliphatic heterocycles. The number of carbonyl (C=O) groups is 1. The van der Waals surface area contributed by atoms with E-state index in [0.29, 0.717) is 12.1 Å². The summed E-state index contributed by atoms with van der Waals surface area (Å²) in [6.07, 6.45) is 0.667. The molecule has 1 heterocycles. The van der Waals surface area contributed by atoms with E-state index in [2.05, 4.69) is 14.7 Å². The van der Waals surface area contributed by atoms with Gasteiger partial charge >= 0.3 is 5.97 Å². The van der Waals surface area contributed by atoms with E-state index in [9.17, 15) is 13.2 Å². The molecule has 0 fully saturated rings. The number of nitrogens with one attached hydrogen (secondary N) is 1. The van der Waals surface area contributed by atoms with Gasteiger partial charge in [-0.2, -0.15) is 0 Å². The predicted molar refractivity (Wildman–Crippen MR) is 120 cm³/mol. The Morgan fingerprint density at radius 3 is 2.42 bits per heavy atom. The van der Waals surface area contributed by atoms with Crippen LogP contribution < -0.4 is 4.72 Å². The maximum atomic E-state index is 12.9. The van der Waals surface area contributed by atoms with Gasteiger partial charge in [-0.25, -0.2) is 27.9 Å². The maximum Gasteiger partial charge on any atom is 0.338 e. The standard InChI is InChI=1S/C22H22ClN3O4S/c1-4-11-30-21(27)16-9-6-10-17(12-16)31(28,29)26-22-24-18(13-19(23)25-22)20-14(2)7-5-8-15(20)3/h5-10,12-13H,4,11H2,1-3H3,(H,24,25,26). The van der Waals surface area contributed by atoms with Crippen molar-refractivity contribution < 1.29 is 17.9 Å². The Morgan fingerprint density at radius 1 is 1.06 bits per heavy atom. The average molecular weight is 460 g/mol. The van der Waals surface area contributed by atoms with Crippen LogP contribution in [0.5, 0.6) is 0 Å². The number of esters is 1. The third-order valence-corrected chi connectivity index (χ3v) is 5.99. The summed E-state index contributed by atoms with van der Waals surface area (Å²) in [5.41, 5.74) is 3.45. The Hall–Kier alpha value is -2.97. The molecule has 0 unspecified atom stereocenters. The molecule has 0 aliphatic rings. The van der Waals surface area contributed by atoms with Gasteiger partial charge in [0.25, 0.3) is 10.0 Å². The lowest BCUT2D eigenvalue weighted by molar-refractivity contribution is 0.0505. The highest BCUT2D eigenvalue weighted by Crippen LogP contribution is 2.28. The quantitative estimate of drug-likeness (QED) is 0.403. The molecule has 1 N–H and O–H groups in total. The summed E-state index contributed by atoms with van der Waals surface area (Å²) < 4.78 is 33.2. The Morgan fingerprint density at radius 2 is 1.74 bits per heavy atom. The highest BCUT2D eigenvalue weighted by atomic mass is 35.5. The number of rotatable bonds is 7. The molecule has 0 spiro atoms. The number of aryl methyl sites for hydroxylation is 2. The first kappa shape index (κ1) is 22.7. The van der Waals surface area contributed by atoms with Crippen LogP contribution in [-0.4, -0.2) is 31.0 Å². The number of anilines is 1. The third kappa shape index (κ3) is 5.39. The fraction of sp³-hybridized carbons (Fsp3) is 0.227. The Bertz CT molecular complexity index is 1210. The molecule has 0 saturated carbocycles. The fourth-order valence-electron chi connectivity index (χ4n) is 3.06. The number of halogens is 1. The minimum Gasteiger partial charge on any atom is -0.462 e. The van der Waals surface area contributed by atoms with Crippen LogP contribution >= 0.6 is 11.6 Å². The number of nitrogens with zero attached hydrogens (tertiary/aromatic N) is 2. The van der Waals surface area contributed by atoms with Gasteiger partial charge in [0.15, 0.2) is 0 Å². The highest BCUT2D eigenvalue weighted by Gasteiger charge is 2.20. The zero-order valence-electron chi connectivity index (χ0n) is 17.3. The van der Waals surface area contributed by atoms with E-state index < -0.39 is 16.0 Å². The molecular formula is C22H22ClN3O4S. The number of aromatic nitrogens is 2. The van der Waals surface area contributed by atoms with E-state index >= 15 is 0 Å². The SMILES string of the molecule is CCCOC(=O)c1cccc(S(=O)(=O)Nc2nc(Cl)cc(-c3c(C)cccc3C)n2)c1. The van der Waals surface area contributed by atoms with E-state index in [1.54, 1.807) is 6.07 Å². The average Bonchev–Trinajstić information content (AvgIpc) is 2.71. The van der Waals surface area contributed by atoms with E-state index in [1.165, 1.54) is 24.3 Å². The molecule has 31 heavy (non-hydrogen) atoms. The number of hydrogen-bond donors (Lipinski definition) is 1. The molecule has 1 aromatic heterocycles. The molecule has 0 aliphatic carbocycles. The van der Waals surface area contributed by atoms with Crippen LogP contribution in [0, 0.1) is 13.8 Å². The number of sulfonamides is 1. The first-order valence-electron chi connectivity index (χ1n) is 9.62. The first-order chi connectivity index (χ1) is 14.7. The summed E-state index contributed by atoms with van der Waals surface area (Å²) >= 11 is 6.15. The number of carbonyl (C=O) groups excluding carboxylic acids is 1. The van der Waals surface area contributed by atoms with Gasteiger partial charge in [0.1, 0.15) is 5.15 Å². The van der Waals surface area contributed by atoms with Crippen LogP contribution in [0.25, 0.3) is 11.3 Å². The molecule has 2 aromatic carbocycles. The molecular weight excluding hydrogens is 438 g/mol. The van der Waals surface area contributed by atoms with Gasteiger partial charge in [0.2, 0.25) is 5.95 Å². The zero-order valence-corrected chi connectivity index (χ0v) is 18.9. The van der Waals surface area contributed by atoms with Crippen LogP contribution in [-0.2, 0) is 14.8 Å². The molecule has 0 amide bonds. The van der Waals surface area contributed by atoms with Gasteiger partial charge in [-0.15, -0.1) is 0 Å². The second-order valence-corrected chi connectivity index (χ2v) is 9.01. The van der Waals surface area contributed by atoms with Crippen molar-refractivity contribution in [2.24, 2.45) is 0 Å². The van der Waals surface area contributed by atoms with Crippen LogP contribution in [0.4, 0.5) is 5.95 Å². The lowest BCUT2D eigenvalue weighted by atomic mass is 10.00. The third-order valence-electron chi connectivity index (χ3n) is 4.48. The van der Waals surface area contributed by atoms with Crippen molar-refractivity contribution in [2.75, 3.05) is 11.3 Å². The smallest absolute Gasteiger partial charge is 0.338 e. The van der Waals surface area contributed by atoms with Crippen LogP contribution in [0.3, 0.4) is 0 Å². The normalized spacial score (nSPS) is 11.2. The lowest BCUT2D eigenvalue weighted by Crippen LogP contribution is -2.16. The van der Waals surface area contributed by atoms with Gasteiger partial charge in [0.05, 0.1) is 22.8 Å². The molecule has 9 heteroatoms. The fourth-order valence-corrected chi connectivity index (χ4v) is 4.23. The molecule has 3 rings (SSSR count). The summed E-state index contributed by atoms with van der Waals surface area (Å²) in [6.45, 7) is 6.00. The summed E-state index contributed by atoms with van der Waals surface area (Å²) in [5, 5.41) is 0.0993. The van der Waals surface area contributed by atoms with E-state index in [0.717, 1.165) is 16.7 Å². The predicted octanol–water partition coefficient (Wildman–Crippen LogP) is 4.78. The van der Waals surface area contributed by atoms with E-state index in [-0.39, 0.29) is 28.2 Å². The summed E-state index contributed by atoms with van der Waals surface area (Å²) in [5.74, 6) is -0.751. The summed E-state index contributed by atoms with van der Waals surface area (Å²) in [7, 11) is -4.07. The minimum absolute atomic E-state index is 0.0993. The molecule has 0 bridgehead atoms. The molecule has 0 radical (unpaired) electrons. The topological polar surface area (TPSA) is 98.2 Å². The zero-order chi connectivity index (χ0) is 22.6. The Labute approximate surface area is 186 Å². The largest absolute Gasteiger partial charge is 0.462 e. The van der Waals surface area contributed by atoms with Gasteiger partial charge in [0, 0.05) is 11.6 Å². The van der Waals surface area contributed by atoms with Crippen molar-refractivity contribution in [3.8, 4) is 11.3 Å². The Kier molecular flexibility index (Phi) is 6.92. The monoisotopic (exact) mass is 459 g/mol. The number of hydrogen-bond acceptors (Lipinski definition) is 6. The molecule has 7 nitrogen and oxygen atoms in total. The van der Waals surface area contributed by atoms with Crippen molar-refractivity contribution in [3.63, 3.8) is 0 Å². The van der Waals surface area contributed by atoms with E-state index in [4.69, 9.17) is 16.3 Å². The summed E-state index contributed by atoms with van der Waals surface area (Å²) in [4.78, 5) is 20.3. The highest BCUT2D eigenvalue weighted by molar-refractivity contribution is 7.92. The van der Waals surface area contributed by atoms with Gasteiger partial charge in [-0.3, -0.25) is 0 Å². The van der Waals surface area contributed by atoms with Crippen LogP contribution in [0.1, 0.15) is 34.8 Å². The van der Waals surface area contributed by atoms with Gasteiger partial charge in [-0.05, 0) is 49.6 Å². The molecule has 0 atom stereocenters. The molecule has 162 valence electrons. The maximum absolute atomic E-state index is 12.9. The van der Waals surface area contributed by atoms with Gasteiger partial charge < -0.3 is 4.74 Å². The van der Waals surface area contributed by atoms with Crippen molar-refractivity contribution in [1.29, 1.82) is 0 Å². The second kappa shape index (κ2) is 9.45. The lowest BCUT2D eigenvalue weighted by Gasteiger charge is -2.12. The van der Waals surface area contributed by atoms with Crippen LogP contribution in [0.2, 0.25) is 5.15 Å². The minimum atomic E-state index is -4.07. The van der Waals surface area contributed by atoms with Crippen molar-refractivity contribution in [2.45, 2.75) is 32.1 Å². The number of ether oxygens (including phenoxy) is 1. The first-order valence-corrected chi connectivity index (χ1v) is 11.5. The Balaban J connectivity index is 1.94. The number of benzene rings is 2. The van der Waals surface area contributed by atoms with Crippen molar-refractivity contribution in [3.05, 3.63) is 70.4 Å². The molecule has 0 saturated heterocycles. The van der Waals surface area contributed by atoms with Crippen molar-refractivity contribution in [1.82, 2.24) is 9.97 Å². The summed E-state index contributed by atoms with van der Waals surface area (Å²) in [6, 6.07) is 13.0.